The van der Waals surface area contributed by atoms with Crippen molar-refractivity contribution in [2.24, 2.45) is 0 Å². The molecule has 0 saturated carbocycles. The van der Waals surface area contributed by atoms with Crippen molar-refractivity contribution in [3.63, 3.8) is 0 Å². The molecule has 2 nitrogen and oxygen atoms in total. The van der Waals surface area contributed by atoms with Crippen LogP contribution in [0.2, 0.25) is 0 Å². The maximum Gasteiger partial charge on any atom is 0.489 e. The van der Waals surface area contributed by atoms with E-state index in [0.29, 0.717) is 5.46 Å². The molecule has 0 saturated heterocycles. The predicted molar refractivity (Wildman–Crippen MR) is 501 cm³/mol. The predicted octanol–water partition coefficient (Wildman–Crippen LogP) is 30.0. The summed E-state index contributed by atoms with van der Waals surface area (Å²) < 4.78 is 1.11. The third kappa shape index (κ3) is 13.4. The molecule has 22 rings (SSSR count). The van der Waals surface area contributed by atoms with Gasteiger partial charge < -0.3 is 10.0 Å². The van der Waals surface area contributed by atoms with Gasteiger partial charge in [0.2, 0.25) is 0 Å². The van der Waals surface area contributed by atoms with Crippen LogP contribution in [0.3, 0.4) is 0 Å². The van der Waals surface area contributed by atoms with Gasteiger partial charge >= 0.3 is 7.12 Å². The van der Waals surface area contributed by atoms with Crippen molar-refractivity contribution < 1.29 is 10.0 Å². The fourth-order valence-electron chi connectivity index (χ4n) is 17.7. The van der Waals surface area contributed by atoms with Gasteiger partial charge in [-0.1, -0.05) is 404 Å². The van der Waals surface area contributed by atoms with Gasteiger partial charge in [-0.15, -0.1) is 0 Å². The number of benzene rings is 22. The lowest BCUT2D eigenvalue weighted by Crippen LogP contribution is -2.31. The Morgan fingerprint density at radius 2 is 0.440 bits per heavy atom. The first-order chi connectivity index (χ1) is 57.3. The molecule has 0 aliphatic carbocycles. The molecule has 22 aromatic carbocycles. The molecule has 0 aliphatic heterocycles. The standard InChI is InChI=1S/C56H36.C36H25BO2.C20H13Br/c1-3-12-37(13-4-1)44-30-33-52-53(35-44)55(42-25-23-41(24-26-42)48-20-11-21-49-47-19-10-9-17-40(47)28-31-50(48)49)51-32-29-45(38-14-5-2-6-15-38)36-54(51)56(52)46-27-22-39-16-7-8-18-43(39)34-46;38-37(39)36-32-20-18-28(24-9-3-1-4-10-24)22-33(32)35(30-16-15-26-13-7-8-14-27(26)21-30)31-19-17-29(23-34(31)36)25-11-5-2-6-12-25;21-16-11-8-15(9-12-16)18-6-3-7-19-17-5-2-1-4-14(17)10-13-20(18)19/h1-36H;1-23,38-39H;1-13H. The SMILES string of the molecule is Brc1ccc(-c2cccc3c2ccc2ccccc23)cc1.OB(O)c1c2cc(-c3ccccc3)ccc2c(-c2ccc3ccccc3c2)c2cc(-c3ccccc3)ccc12.c1ccc(-c2ccc3c(-c4ccc5ccccc5c4)c4cc(-c5ccccc5)ccc4c(-c4ccc(-c5cccc6c5ccc5ccccc56)cc4)c3c2)cc1. The van der Waals surface area contributed by atoms with Gasteiger partial charge in [-0.2, -0.15) is 0 Å². The van der Waals surface area contributed by atoms with Gasteiger partial charge in [0, 0.05) is 4.47 Å². The molecule has 22 aromatic rings. The van der Waals surface area contributed by atoms with Gasteiger partial charge in [0.15, 0.2) is 0 Å². The summed E-state index contributed by atoms with van der Waals surface area (Å²) in [4.78, 5) is 0. The summed E-state index contributed by atoms with van der Waals surface area (Å²) in [6, 6.07) is 157. The molecular formula is C112H74BBrO2. The third-order valence-corrected chi connectivity index (χ3v) is 23.8. The van der Waals surface area contributed by atoms with Crippen LogP contribution in [0.1, 0.15) is 0 Å². The Kier molecular flexibility index (Phi) is 18.8. The summed E-state index contributed by atoms with van der Waals surface area (Å²) in [5.41, 5.74) is 21.9. The number of hydrogen-bond acceptors (Lipinski definition) is 2. The van der Waals surface area contributed by atoms with E-state index in [0.717, 1.165) is 59.4 Å². The van der Waals surface area contributed by atoms with Crippen molar-refractivity contribution in [2.75, 3.05) is 0 Å². The minimum Gasteiger partial charge on any atom is -0.423 e. The molecule has 0 bridgehead atoms. The summed E-state index contributed by atoms with van der Waals surface area (Å²) in [5, 5.41) is 45.3. The zero-order valence-corrected chi connectivity index (χ0v) is 65.0. The first kappa shape index (κ1) is 71.0. The van der Waals surface area contributed by atoms with Crippen LogP contribution in [0.5, 0.6) is 0 Å². The maximum absolute atomic E-state index is 10.7. The number of halogens is 1. The second-order valence-electron chi connectivity index (χ2n) is 30.0. The van der Waals surface area contributed by atoms with E-state index in [4.69, 9.17) is 0 Å². The summed E-state index contributed by atoms with van der Waals surface area (Å²) in [5.74, 6) is 0. The fourth-order valence-corrected chi connectivity index (χ4v) is 17.9. The number of fused-ring (bicyclic) bond motifs is 12. The number of hydrogen-bond donors (Lipinski definition) is 2. The highest BCUT2D eigenvalue weighted by Crippen LogP contribution is 2.48. The Bertz CT molecular complexity index is 7510. The molecule has 116 heavy (non-hydrogen) atoms. The minimum atomic E-state index is -1.62. The van der Waals surface area contributed by atoms with E-state index in [1.54, 1.807) is 0 Å². The molecule has 0 aliphatic rings. The average Bonchev–Trinajstić information content (AvgIpc) is 0.731. The monoisotopic (exact) mass is 1540 g/mol. The van der Waals surface area contributed by atoms with Gasteiger partial charge in [-0.05, 0) is 262 Å². The van der Waals surface area contributed by atoms with Crippen molar-refractivity contribution >= 4 is 136 Å². The topological polar surface area (TPSA) is 40.5 Å². The summed E-state index contributed by atoms with van der Waals surface area (Å²) in [6.07, 6.45) is 0. The highest BCUT2D eigenvalue weighted by Gasteiger charge is 2.25. The third-order valence-electron chi connectivity index (χ3n) is 23.3. The molecule has 0 fully saturated rings. The van der Waals surface area contributed by atoms with E-state index in [2.05, 4.69) is 410 Å². The lowest BCUT2D eigenvalue weighted by molar-refractivity contribution is 0.426. The molecule has 0 unspecified atom stereocenters. The van der Waals surface area contributed by atoms with E-state index in [1.165, 1.54) is 153 Å². The van der Waals surface area contributed by atoms with Crippen LogP contribution >= 0.6 is 15.9 Å². The van der Waals surface area contributed by atoms with Crippen molar-refractivity contribution in [1.82, 2.24) is 0 Å². The first-order valence-corrected chi connectivity index (χ1v) is 40.4. The van der Waals surface area contributed by atoms with E-state index >= 15 is 0 Å². The summed E-state index contributed by atoms with van der Waals surface area (Å²) >= 11 is 3.50. The van der Waals surface area contributed by atoms with Gasteiger partial charge in [0.05, 0.1) is 0 Å². The van der Waals surface area contributed by atoms with Crippen LogP contribution in [0, 0.1) is 0 Å². The molecule has 0 spiro atoms. The van der Waals surface area contributed by atoms with Crippen LogP contribution in [0.15, 0.2) is 441 Å². The Morgan fingerprint density at radius 1 is 0.155 bits per heavy atom. The Morgan fingerprint density at radius 3 is 0.853 bits per heavy atom. The highest BCUT2D eigenvalue weighted by molar-refractivity contribution is 9.10. The Balaban J connectivity index is 0.000000125. The average molecular weight is 1540 g/mol. The zero-order valence-electron chi connectivity index (χ0n) is 63.4. The molecule has 4 heteroatoms. The van der Waals surface area contributed by atoms with Crippen LogP contribution in [-0.2, 0) is 0 Å². The Labute approximate surface area is 682 Å². The van der Waals surface area contributed by atoms with Gasteiger partial charge in [-0.3, -0.25) is 0 Å². The Hall–Kier alpha value is -14.1. The largest absolute Gasteiger partial charge is 0.489 e. The van der Waals surface area contributed by atoms with E-state index < -0.39 is 7.12 Å². The lowest BCUT2D eigenvalue weighted by Gasteiger charge is -2.20. The minimum absolute atomic E-state index is 0.530. The smallest absolute Gasteiger partial charge is 0.423 e. The van der Waals surface area contributed by atoms with Crippen LogP contribution in [-0.4, -0.2) is 17.2 Å². The van der Waals surface area contributed by atoms with Crippen LogP contribution in [0.4, 0.5) is 0 Å². The first-order valence-electron chi connectivity index (χ1n) is 39.6. The molecule has 2 N–H and O–H groups in total. The van der Waals surface area contributed by atoms with E-state index in [9.17, 15) is 10.0 Å². The molecular weight excluding hydrogens is 1470 g/mol. The molecule has 0 aromatic heterocycles. The van der Waals surface area contributed by atoms with Gasteiger partial charge in [0.1, 0.15) is 0 Å². The second-order valence-corrected chi connectivity index (χ2v) is 30.9. The van der Waals surface area contributed by atoms with Crippen molar-refractivity contribution in [3.05, 3.63) is 441 Å². The molecule has 0 heterocycles. The fraction of sp³-hybridized carbons (Fsp3) is 0. The summed E-state index contributed by atoms with van der Waals surface area (Å²) in [6.45, 7) is 0. The van der Waals surface area contributed by atoms with Gasteiger partial charge in [0.25, 0.3) is 0 Å². The van der Waals surface area contributed by atoms with Crippen molar-refractivity contribution in [1.29, 1.82) is 0 Å². The lowest BCUT2D eigenvalue weighted by atomic mass is 9.71. The van der Waals surface area contributed by atoms with Gasteiger partial charge in [-0.25, -0.2) is 0 Å². The van der Waals surface area contributed by atoms with E-state index in [-0.39, 0.29) is 0 Å². The van der Waals surface area contributed by atoms with Crippen LogP contribution in [0.25, 0.3) is 208 Å². The molecule has 544 valence electrons. The molecule has 0 radical (unpaired) electrons. The highest BCUT2D eigenvalue weighted by atomic mass is 79.9. The van der Waals surface area contributed by atoms with Crippen molar-refractivity contribution in [2.45, 2.75) is 0 Å². The van der Waals surface area contributed by atoms with Crippen molar-refractivity contribution in [3.8, 4) is 100 Å². The quantitative estimate of drug-likeness (QED) is 0.0814. The molecule has 0 amide bonds. The zero-order chi connectivity index (χ0) is 77.6. The maximum atomic E-state index is 10.7. The second kappa shape index (κ2) is 30.8. The van der Waals surface area contributed by atoms with Crippen LogP contribution < -0.4 is 5.46 Å². The summed E-state index contributed by atoms with van der Waals surface area (Å²) in [7, 11) is -1.62. The normalized spacial score (nSPS) is 11.4. The van der Waals surface area contributed by atoms with E-state index in [1.807, 2.05) is 42.5 Å². The number of rotatable bonds is 10. The molecule has 0 atom stereocenters.